The standard InChI is InChI=1S/C12H24N4O/c1-6-15(9(3)8-17-5)12-11(13)10(4)14-16(12)7-2/h9H,6-8,13H2,1-5H3. The predicted octanol–water partition coefficient (Wildman–Crippen LogP) is 1.65. The number of hydrogen-bond donors (Lipinski definition) is 1. The molecule has 0 aliphatic rings. The zero-order valence-corrected chi connectivity index (χ0v) is 11.5. The minimum absolute atomic E-state index is 0.286. The number of hydrogen-bond acceptors (Lipinski definition) is 4. The maximum atomic E-state index is 6.12. The number of rotatable bonds is 6. The molecule has 1 unspecified atom stereocenters. The van der Waals surface area contributed by atoms with Gasteiger partial charge in [0.05, 0.1) is 24.0 Å². The molecule has 0 radical (unpaired) electrons. The van der Waals surface area contributed by atoms with Gasteiger partial charge in [-0.05, 0) is 27.7 Å². The average Bonchev–Trinajstić information content (AvgIpc) is 2.58. The molecular formula is C12H24N4O. The van der Waals surface area contributed by atoms with Gasteiger partial charge in [-0.25, -0.2) is 4.68 Å². The van der Waals surface area contributed by atoms with E-state index >= 15 is 0 Å². The summed E-state index contributed by atoms with van der Waals surface area (Å²) < 4.78 is 7.17. The van der Waals surface area contributed by atoms with Crippen LogP contribution in [0.25, 0.3) is 0 Å². The first-order chi connectivity index (χ1) is 8.06. The van der Waals surface area contributed by atoms with Crippen molar-refractivity contribution in [1.82, 2.24) is 9.78 Å². The molecule has 0 spiro atoms. The van der Waals surface area contributed by atoms with Crippen molar-refractivity contribution in [1.29, 1.82) is 0 Å². The Hall–Kier alpha value is -1.23. The molecule has 17 heavy (non-hydrogen) atoms. The largest absolute Gasteiger partial charge is 0.394 e. The number of nitrogen functional groups attached to an aromatic ring is 1. The van der Waals surface area contributed by atoms with Gasteiger partial charge in [0.2, 0.25) is 0 Å². The highest BCUT2D eigenvalue weighted by molar-refractivity contribution is 5.66. The lowest BCUT2D eigenvalue weighted by atomic mass is 10.2. The lowest BCUT2D eigenvalue weighted by molar-refractivity contribution is 0.181. The Morgan fingerprint density at radius 2 is 2.12 bits per heavy atom. The molecule has 0 aliphatic heterocycles. The number of nitrogens with two attached hydrogens (primary N) is 1. The van der Waals surface area contributed by atoms with Gasteiger partial charge in [-0.2, -0.15) is 5.10 Å². The van der Waals surface area contributed by atoms with Crippen molar-refractivity contribution in [3.8, 4) is 0 Å². The molecule has 0 bridgehead atoms. The van der Waals surface area contributed by atoms with E-state index in [4.69, 9.17) is 10.5 Å². The van der Waals surface area contributed by atoms with Gasteiger partial charge in [0, 0.05) is 20.2 Å². The van der Waals surface area contributed by atoms with Crippen molar-refractivity contribution in [2.45, 2.75) is 40.3 Å². The van der Waals surface area contributed by atoms with Crippen molar-refractivity contribution in [3.05, 3.63) is 5.69 Å². The highest BCUT2D eigenvalue weighted by atomic mass is 16.5. The van der Waals surface area contributed by atoms with Crippen molar-refractivity contribution < 1.29 is 4.74 Å². The zero-order valence-electron chi connectivity index (χ0n) is 11.5. The number of anilines is 2. The highest BCUT2D eigenvalue weighted by Gasteiger charge is 2.21. The van der Waals surface area contributed by atoms with Gasteiger partial charge in [-0.3, -0.25) is 0 Å². The second-order valence-corrected chi connectivity index (χ2v) is 4.23. The Kier molecular flexibility index (Phi) is 4.81. The maximum absolute atomic E-state index is 6.12. The molecule has 0 aromatic carbocycles. The Bertz CT molecular complexity index is 362. The van der Waals surface area contributed by atoms with Crippen LogP contribution in [0.5, 0.6) is 0 Å². The number of nitrogens with zero attached hydrogens (tertiary/aromatic N) is 3. The van der Waals surface area contributed by atoms with E-state index in [0.717, 1.165) is 30.3 Å². The molecule has 5 nitrogen and oxygen atoms in total. The van der Waals surface area contributed by atoms with Crippen LogP contribution in [0, 0.1) is 6.92 Å². The molecule has 1 atom stereocenters. The molecule has 98 valence electrons. The molecule has 0 fully saturated rings. The minimum atomic E-state index is 0.286. The third-order valence-electron chi connectivity index (χ3n) is 3.00. The third kappa shape index (κ3) is 2.72. The van der Waals surface area contributed by atoms with Crippen LogP contribution in [0.2, 0.25) is 0 Å². The SMILES string of the molecule is CCN(c1c(N)c(C)nn1CC)C(C)COC. The van der Waals surface area contributed by atoms with E-state index in [1.165, 1.54) is 0 Å². The summed E-state index contributed by atoms with van der Waals surface area (Å²) in [6.45, 7) is 10.7. The molecule has 2 N–H and O–H groups in total. The molecule has 0 saturated carbocycles. The summed E-state index contributed by atoms with van der Waals surface area (Å²) in [5.74, 6) is 1.01. The second-order valence-electron chi connectivity index (χ2n) is 4.23. The van der Waals surface area contributed by atoms with Crippen LogP contribution in [0.1, 0.15) is 26.5 Å². The van der Waals surface area contributed by atoms with E-state index in [0.29, 0.717) is 6.61 Å². The smallest absolute Gasteiger partial charge is 0.150 e. The molecule has 1 rings (SSSR count). The Labute approximate surface area is 104 Å². The molecule has 0 saturated heterocycles. The normalized spacial score (nSPS) is 12.8. The van der Waals surface area contributed by atoms with Gasteiger partial charge in [0.1, 0.15) is 0 Å². The van der Waals surface area contributed by atoms with Crippen LogP contribution in [-0.2, 0) is 11.3 Å². The predicted molar refractivity (Wildman–Crippen MR) is 71.4 cm³/mol. The molecule has 1 aromatic heterocycles. The van der Waals surface area contributed by atoms with Crippen LogP contribution in [0.3, 0.4) is 0 Å². The number of methoxy groups -OCH3 is 1. The van der Waals surface area contributed by atoms with Gasteiger partial charge in [0.25, 0.3) is 0 Å². The fourth-order valence-electron chi connectivity index (χ4n) is 2.11. The van der Waals surface area contributed by atoms with Crippen LogP contribution in [0.15, 0.2) is 0 Å². The Balaban J connectivity index is 3.10. The van der Waals surface area contributed by atoms with Crippen LogP contribution >= 0.6 is 0 Å². The highest BCUT2D eigenvalue weighted by Crippen LogP contribution is 2.27. The van der Waals surface area contributed by atoms with E-state index in [9.17, 15) is 0 Å². The van der Waals surface area contributed by atoms with Crippen molar-refractivity contribution >= 4 is 11.5 Å². The quantitative estimate of drug-likeness (QED) is 0.821. The number of aromatic nitrogens is 2. The van der Waals surface area contributed by atoms with E-state index in [2.05, 4.69) is 30.8 Å². The van der Waals surface area contributed by atoms with Crippen LogP contribution in [-0.4, -0.2) is 36.1 Å². The van der Waals surface area contributed by atoms with Crippen LogP contribution in [0.4, 0.5) is 11.5 Å². The molecule has 1 aromatic rings. The maximum Gasteiger partial charge on any atom is 0.150 e. The lowest BCUT2D eigenvalue weighted by Crippen LogP contribution is -2.38. The van der Waals surface area contributed by atoms with Crippen molar-refractivity contribution in [3.63, 3.8) is 0 Å². The van der Waals surface area contributed by atoms with Crippen LogP contribution < -0.4 is 10.6 Å². The third-order valence-corrected chi connectivity index (χ3v) is 3.00. The summed E-state index contributed by atoms with van der Waals surface area (Å²) in [5, 5.41) is 4.45. The van der Waals surface area contributed by atoms with Crippen molar-refractivity contribution in [2.75, 3.05) is 30.9 Å². The van der Waals surface area contributed by atoms with Gasteiger partial charge >= 0.3 is 0 Å². The fourth-order valence-corrected chi connectivity index (χ4v) is 2.11. The summed E-state index contributed by atoms with van der Waals surface area (Å²) in [5.41, 5.74) is 7.79. The first kappa shape index (κ1) is 13.8. The van der Waals surface area contributed by atoms with E-state index in [1.54, 1.807) is 7.11 Å². The van der Waals surface area contributed by atoms with E-state index in [1.807, 2.05) is 11.6 Å². The molecule has 1 heterocycles. The lowest BCUT2D eigenvalue weighted by Gasteiger charge is -2.30. The van der Waals surface area contributed by atoms with Gasteiger partial charge in [-0.15, -0.1) is 0 Å². The summed E-state index contributed by atoms with van der Waals surface area (Å²) in [7, 11) is 1.72. The number of likely N-dealkylation sites (N-methyl/N-ethyl adjacent to an activating group) is 1. The average molecular weight is 240 g/mol. The number of aryl methyl sites for hydroxylation is 2. The molecular weight excluding hydrogens is 216 g/mol. The summed E-state index contributed by atoms with van der Waals surface area (Å²) >= 11 is 0. The minimum Gasteiger partial charge on any atom is -0.394 e. The molecule has 0 aliphatic carbocycles. The van der Waals surface area contributed by atoms with E-state index in [-0.39, 0.29) is 6.04 Å². The van der Waals surface area contributed by atoms with Crippen molar-refractivity contribution in [2.24, 2.45) is 0 Å². The Morgan fingerprint density at radius 1 is 1.47 bits per heavy atom. The monoisotopic (exact) mass is 240 g/mol. The summed E-state index contributed by atoms with van der Waals surface area (Å²) in [6, 6.07) is 0.286. The summed E-state index contributed by atoms with van der Waals surface area (Å²) in [6.07, 6.45) is 0. The molecule has 5 heteroatoms. The topological polar surface area (TPSA) is 56.3 Å². The van der Waals surface area contributed by atoms with Gasteiger partial charge < -0.3 is 15.4 Å². The first-order valence-electron chi connectivity index (χ1n) is 6.15. The van der Waals surface area contributed by atoms with Gasteiger partial charge in [-0.1, -0.05) is 0 Å². The molecule has 0 amide bonds. The second kappa shape index (κ2) is 5.91. The number of ether oxygens (including phenoxy) is 1. The van der Waals surface area contributed by atoms with E-state index < -0.39 is 0 Å². The summed E-state index contributed by atoms with van der Waals surface area (Å²) in [4.78, 5) is 2.24. The fraction of sp³-hybridized carbons (Fsp3) is 0.750. The zero-order chi connectivity index (χ0) is 13.0. The Morgan fingerprint density at radius 3 is 2.59 bits per heavy atom. The first-order valence-corrected chi connectivity index (χ1v) is 6.15. The van der Waals surface area contributed by atoms with Gasteiger partial charge in [0.15, 0.2) is 5.82 Å².